The molecule has 1 aliphatic rings. The quantitative estimate of drug-likeness (QED) is 0.838. The van der Waals surface area contributed by atoms with Crippen molar-refractivity contribution in [1.82, 2.24) is 4.90 Å². The minimum atomic E-state index is -0.206. The molecule has 19 heavy (non-hydrogen) atoms. The molecule has 1 aromatic carbocycles. The number of hydrogen-bond donors (Lipinski definition) is 0. The van der Waals surface area contributed by atoms with Gasteiger partial charge in [0.1, 0.15) is 0 Å². The zero-order chi connectivity index (χ0) is 14.0. The van der Waals surface area contributed by atoms with Crippen LogP contribution in [0.25, 0.3) is 0 Å². The van der Waals surface area contributed by atoms with Crippen LogP contribution in [0.5, 0.6) is 0 Å². The number of para-hydroxylation sites is 1. The van der Waals surface area contributed by atoms with Crippen LogP contribution in [0, 0.1) is 11.8 Å². The summed E-state index contributed by atoms with van der Waals surface area (Å²) in [5.74, 6) is 0.120. The molecule has 4 nitrogen and oxygen atoms in total. The van der Waals surface area contributed by atoms with E-state index >= 15 is 0 Å². The second-order valence-corrected chi connectivity index (χ2v) is 5.49. The number of nitrogens with zero attached hydrogens (tertiary/aromatic N) is 2. The minimum absolute atomic E-state index is 0.115. The highest BCUT2D eigenvalue weighted by Crippen LogP contribution is 2.23. The lowest BCUT2D eigenvalue weighted by molar-refractivity contribution is -0.122. The summed E-state index contributed by atoms with van der Waals surface area (Å²) in [6.45, 7) is 7.21. The highest BCUT2D eigenvalue weighted by molar-refractivity contribution is 6.16. The van der Waals surface area contributed by atoms with Crippen LogP contribution >= 0.6 is 0 Å². The first kappa shape index (κ1) is 13.6. The molecule has 0 bridgehead atoms. The summed E-state index contributed by atoms with van der Waals surface area (Å²) in [5, 5.41) is 0. The van der Waals surface area contributed by atoms with E-state index in [0.29, 0.717) is 24.7 Å². The molecule has 102 valence electrons. The van der Waals surface area contributed by atoms with Crippen molar-refractivity contribution in [3.8, 4) is 0 Å². The van der Waals surface area contributed by atoms with Gasteiger partial charge >= 0.3 is 6.03 Å². The van der Waals surface area contributed by atoms with Gasteiger partial charge in [-0.25, -0.2) is 9.69 Å². The number of amides is 3. The standard InChI is InChI=1S/C15H20N2O2/c1-11(2)9-16-10-12(3)14(18)17(15(16)19)13-7-5-4-6-8-13/h4-8,11-12H,9-10H2,1-3H3. The summed E-state index contributed by atoms with van der Waals surface area (Å²) in [6, 6.07) is 8.92. The lowest BCUT2D eigenvalue weighted by Gasteiger charge is -2.38. The fourth-order valence-electron chi connectivity index (χ4n) is 2.35. The number of hydrogen-bond acceptors (Lipinski definition) is 2. The number of urea groups is 1. The van der Waals surface area contributed by atoms with E-state index in [0.717, 1.165) is 0 Å². The predicted molar refractivity (Wildman–Crippen MR) is 74.9 cm³/mol. The topological polar surface area (TPSA) is 40.6 Å². The van der Waals surface area contributed by atoms with Gasteiger partial charge in [0.15, 0.2) is 0 Å². The van der Waals surface area contributed by atoms with Crippen molar-refractivity contribution in [1.29, 1.82) is 0 Å². The second kappa shape index (κ2) is 5.43. The van der Waals surface area contributed by atoms with Crippen LogP contribution in [-0.2, 0) is 4.79 Å². The lowest BCUT2D eigenvalue weighted by atomic mass is 10.1. The van der Waals surface area contributed by atoms with E-state index in [1.165, 1.54) is 4.90 Å². The normalized spacial score (nSPS) is 20.3. The van der Waals surface area contributed by atoms with Crippen molar-refractivity contribution in [2.75, 3.05) is 18.0 Å². The SMILES string of the molecule is CC(C)CN1CC(C)C(=O)N(c2ccccc2)C1=O. The molecule has 3 amide bonds. The van der Waals surface area contributed by atoms with Gasteiger partial charge < -0.3 is 4.90 Å². The molecule has 0 spiro atoms. The number of rotatable bonds is 3. The van der Waals surface area contributed by atoms with Crippen LogP contribution in [-0.4, -0.2) is 29.9 Å². The van der Waals surface area contributed by atoms with Crippen molar-refractivity contribution in [3.05, 3.63) is 30.3 Å². The fourth-order valence-corrected chi connectivity index (χ4v) is 2.35. The van der Waals surface area contributed by atoms with Crippen molar-refractivity contribution in [3.63, 3.8) is 0 Å². The largest absolute Gasteiger partial charge is 0.331 e. The summed E-state index contributed by atoms with van der Waals surface area (Å²) in [5.41, 5.74) is 0.651. The maximum absolute atomic E-state index is 12.4. The Balaban J connectivity index is 2.29. The van der Waals surface area contributed by atoms with E-state index in [2.05, 4.69) is 13.8 Å². The molecule has 1 atom stereocenters. The Bertz CT molecular complexity index is 470. The zero-order valence-electron chi connectivity index (χ0n) is 11.7. The van der Waals surface area contributed by atoms with Crippen molar-refractivity contribution >= 4 is 17.6 Å². The second-order valence-electron chi connectivity index (χ2n) is 5.49. The van der Waals surface area contributed by atoms with Crippen LogP contribution in [0.15, 0.2) is 30.3 Å². The molecule has 1 saturated heterocycles. The van der Waals surface area contributed by atoms with Gasteiger partial charge in [0.2, 0.25) is 5.91 Å². The summed E-state index contributed by atoms with van der Waals surface area (Å²) < 4.78 is 0. The minimum Gasteiger partial charge on any atom is -0.323 e. The number of imide groups is 1. The molecule has 1 aromatic rings. The number of anilines is 1. The van der Waals surface area contributed by atoms with Crippen molar-refractivity contribution < 1.29 is 9.59 Å². The van der Waals surface area contributed by atoms with Crippen LogP contribution in [0.1, 0.15) is 20.8 Å². The van der Waals surface area contributed by atoms with Crippen molar-refractivity contribution in [2.24, 2.45) is 11.8 Å². The highest BCUT2D eigenvalue weighted by atomic mass is 16.2. The van der Waals surface area contributed by atoms with E-state index in [1.54, 1.807) is 17.0 Å². The summed E-state index contributed by atoms with van der Waals surface area (Å²) in [6.07, 6.45) is 0. The maximum Gasteiger partial charge on any atom is 0.331 e. The number of carbonyl (C=O) groups excluding carboxylic acids is 2. The molecule has 1 heterocycles. The van der Waals surface area contributed by atoms with E-state index in [4.69, 9.17) is 0 Å². The van der Waals surface area contributed by atoms with Crippen LogP contribution in [0.3, 0.4) is 0 Å². The average Bonchev–Trinajstić information content (AvgIpc) is 2.37. The van der Waals surface area contributed by atoms with Gasteiger partial charge in [-0.1, -0.05) is 39.0 Å². The third-order valence-electron chi connectivity index (χ3n) is 3.20. The molecule has 2 rings (SSSR count). The van der Waals surface area contributed by atoms with Gasteiger partial charge in [0, 0.05) is 13.1 Å². The zero-order valence-corrected chi connectivity index (χ0v) is 11.7. The van der Waals surface area contributed by atoms with E-state index in [1.807, 2.05) is 25.1 Å². The van der Waals surface area contributed by atoms with Gasteiger partial charge in [-0.15, -0.1) is 0 Å². The Hall–Kier alpha value is -1.84. The van der Waals surface area contributed by atoms with Gasteiger partial charge in [-0.3, -0.25) is 4.79 Å². The van der Waals surface area contributed by atoms with Gasteiger partial charge in [0.05, 0.1) is 11.6 Å². The Labute approximate surface area is 114 Å². The number of benzene rings is 1. The molecule has 0 aliphatic carbocycles. The molecule has 1 fully saturated rings. The molecular formula is C15H20N2O2. The smallest absolute Gasteiger partial charge is 0.323 e. The first-order valence-electron chi connectivity index (χ1n) is 6.68. The molecule has 0 N–H and O–H groups in total. The monoisotopic (exact) mass is 260 g/mol. The highest BCUT2D eigenvalue weighted by Gasteiger charge is 2.37. The lowest BCUT2D eigenvalue weighted by Crippen LogP contribution is -2.57. The molecule has 1 aliphatic heterocycles. The van der Waals surface area contributed by atoms with E-state index < -0.39 is 0 Å². The Morgan fingerprint density at radius 1 is 1.21 bits per heavy atom. The molecule has 0 radical (unpaired) electrons. The summed E-state index contributed by atoms with van der Waals surface area (Å²) >= 11 is 0. The summed E-state index contributed by atoms with van der Waals surface area (Å²) in [4.78, 5) is 27.8. The maximum atomic E-state index is 12.4. The predicted octanol–water partition coefficient (Wildman–Crippen LogP) is 2.75. The van der Waals surface area contributed by atoms with E-state index in [9.17, 15) is 9.59 Å². The molecule has 0 aromatic heterocycles. The van der Waals surface area contributed by atoms with Crippen LogP contribution in [0.4, 0.5) is 10.5 Å². The van der Waals surface area contributed by atoms with Gasteiger partial charge in [-0.05, 0) is 18.1 Å². The molecule has 1 unspecified atom stereocenters. The fraction of sp³-hybridized carbons (Fsp3) is 0.467. The third-order valence-corrected chi connectivity index (χ3v) is 3.20. The third kappa shape index (κ3) is 2.78. The molecular weight excluding hydrogens is 240 g/mol. The first-order chi connectivity index (χ1) is 9.00. The Morgan fingerprint density at radius 2 is 1.84 bits per heavy atom. The number of carbonyl (C=O) groups is 2. The van der Waals surface area contributed by atoms with Crippen LogP contribution in [0.2, 0.25) is 0 Å². The first-order valence-corrected chi connectivity index (χ1v) is 6.68. The van der Waals surface area contributed by atoms with Crippen molar-refractivity contribution in [2.45, 2.75) is 20.8 Å². The molecule has 0 saturated carbocycles. The Morgan fingerprint density at radius 3 is 2.42 bits per heavy atom. The van der Waals surface area contributed by atoms with Gasteiger partial charge in [-0.2, -0.15) is 0 Å². The van der Waals surface area contributed by atoms with Crippen LogP contribution < -0.4 is 4.90 Å². The molecule has 4 heteroatoms. The average molecular weight is 260 g/mol. The summed E-state index contributed by atoms with van der Waals surface area (Å²) in [7, 11) is 0. The van der Waals surface area contributed by atoms with Gasteiger partial charge in [0.25, 0.3) is 0 Å². The van der Waals surface area contributed by atoms with E-state index in [-0.39, 0.29) is 17.9 Å². The Kier molecular flexibility index (Phi) is 3.88.